The Morgan fingerprint density at radius 3 is 2.53 bits per heavy atom. The summed E-state index contributed by atoms with van der Waals surface area (Å²) in [4.78, 5) is 15.9. The average Bonchev–Trinajstić information content (AvgIpc) is 3.13. The fraction of sp³-hybridized carbons (Fsp3) is 0.696. The third-order valence-corrected chi connectivity index (χ3v) is 7.59. The van der Waals surface area contributed by atoms with Gasteiger partial charge in [-0.15, -0.1) is 0 Å². The van der Waals surface area contributed by atoms with Gasteiger partial charge in [-0.3, -0.25) is 9.69 Å². The smallest absolute Gasteiger partial charge is 0.237 e. The summed E-state index contributed by atoms with van der Waals surface area (Å²) in [7, 11) is 1.91. The minimum atomic E-state index is -1.48. The highest BCUT2D eigenvalue weighted by atomic mass is 32.2. The van der Waals surface area contributed by atoms with Gasteiger partial charge in [-0.25, -0.2) is 0 Å². The number of aliphatic hydroxyl groups excluding tert-OH is 4. The van der Waals surface area contributed by atoms with Crippen LogP contribution < -0.4 is 5.32 Å². The highest BCUT2D eigenvalue weighted by Crippen LogP contribution is 2.35. The largest absolute Gasteiger partial charge is 0.391 e. The molecule has 2 aliphatic rings. The van der Waals surface area contributed by atoms with Gasteiger partial charge in [0.25, 0.3) is 0 Å². The molecule has 0 bridgehead atoms. The highest BCUT2D eigenvalue weighted by Gasteiger charge is 2.49. The van der Waals surface area contributed by atoms with Crippen molar-refractivity contribution in [3.63, 3.8) is 0 Å². The summed E-state index contributed by atoms with van der Waals surface area (Å²) in [6.07, 6.45) is -3.54. The Bertz CT molecular complexity index is 738. The normalized spacial score (nSPS) is 35.4. The number of nitrogens with zero attached hydrogens (tertiary/aromatic N) is 1. The lowest BCUT2D eigenvalue weighted by Crippen LogP contribution is -2.65. The van der Waals surface area contributed by atoms with E-state index in [4.69, 9.17) is 4.74 Å². The first-order valence-corrected chi connectivity index (χ1v) is 12.2. The Morgan fingerprint density at radius 1 is 1.22 bits per heavy atom. The molecule has 2 fully saturated rings. The maximum atomic E-state index is 13.1. The first kappa shape index (κ1) is 25.4. The molecule has 8 nitrogen and oxygen atoms in total. The van der Waals surface area contributed by atoms with Gasteiger partial charge in [-0.1, -0.05) is 43.3 Å². The summed E-state index contributed by atoms with van der Waals surface area (Å²) < 4.78 is 5.97. The van der Waals surface area contributed by atoms with Gasteiger partial charge in [0.05, 0.1) is 18.2 Å². The van der Waals surface area contributed by atoms with Crippen molar-refractivity contribution in [1.29, 1.82) is 0 Å². The third-order valence-electron chi connectivity index (χ3n) is 6.42. The van der Waals surface area contributed by atoms with E-state index in [1.54, 1.807) is 0 Å². The molecule has 180 valence electrons. The molecule has 2 heterocycles. The Morgan fingerprint density at radius 2 is 1.91 bits per heavy atom. The van der Waals surface area contributed by atoms with Gasteiger partial charge in [0.2, 0.25) is 5.91 Å². The fourth-order valence-corrected chi connectivity index (χ4v) is 5.73. The van der Waals surface area contributed by atoms with Gasteiger partial charge in [-0.05, 0) is 44.9 Å². The van der Waals surface area contributed by atoms with E-state index in [0.717, 1.165) is 30.7 Å². The number of benzene rings is 1. The average molecular weight is 469 g/mol. The van der Waals surface area contributed by atoms with E-state index >= 15 is 0 Å². The predicted octanol–water partition coefficient (Wildman–Crippen LogP) is 0.572. The molecule has 0 saturated carbocycles. The zero-order valence-electron chi connectivity index (χ0n) is 18.9. The van der Waals surface area contributed by atoms with Crippen LogP contribution in [0.15, 0.2) is 35.2 Å². The molecule has 3 rings (SSSR count). The van der Waals surface area contributed by atoms with E-state index in [1.807, 2.05) is 42.3 Å². The zero-order chi connectivity index (χ0) is 23.4. The number of ether oxygens (including phenoxy) is 1. The monoisotopic (exact) mass is 468 g/mol. The zero-order valence-corrected chi connectivity index (χ0v) is 19.7. The quantitative estimate of drug-likeness (QED) is 0.375. The highest BCUT2D eigenvalue weighted by molar-refractivity contribution is 7.99. The summed E-state index contributed by atoms with van der Waals surface area (Å²) in [5.74, 6) is 0.214. The van der Waals surface area contributed by atoms with Crippen molar-refractivity contribution in [3.05, 3.63) is 30.3 Å². The number of thioether (sulfide) groups is 1. The molecule has 1 amide bonds. The Labute approximate surface area is 194 Å². The second kappa shape index (κ2) is 11.3. The van der Waals surface area contributed by atoms with E-state index in [1.165, 1.54) is 18.7 Å². The van der Waals surface area contributed by atoms with Crippen LogP contribution in [-0.4, -0.2) is 92.9 Å². The molecule has 9 atom stereocenters. The third kappa shape index (κ3) is 5.83. The van der Waals surface area contributed by atoms with Crippen molar-refractivity contribution in [2.24, 2.45) is 5.92 Å². The van der Waals surface area contributed by atoms with E-state index in [0.29, 0.717) is 5.92 Å². The topological polar surface area (TPSA) is 122 Å². The van der Waals surface area contributed by atoms with Crippen LogP contribution in [0, 0.1) is 5.92 Å². The van der Waals surface area contributed by atoms with Crippen LogP contribution in [0.5, 0.6) is 0 Å². The van der Waals surface area contributed by atoms with Crippen LogP contribution in [0.4, 0.5) is 0 Å². The Kier molecular flexibility index (Phi) is 8.97. The lowest BCUT2D eigenvalue weighted by Gasteiger charge is -2.44. The Balaban J connectivity index is 1.73. The van der Waals surface area contributed by atoms with Gasteiger partial charge in [0, 0.05) is 11.4 Å². The molecule has 5 N–H and O–H groups in total. The molecule has 32 heavy (non-hydrogen) atoms. The van der Waals surface area contributed by atoms with Gasteiger partial charge in [0.15, 0.2) is 0 Å². The molecule has 0 radical (unpaired) electrons. The van der Waals surface area contributed by atoms with Gasteiger partial charge >= 0.3 is 0 Å². The van der Waals surface area contributed by atoms with E-state index in [2.05, 4.69) is 12.2 Å². The first-order valence-electron chi connectivity index (χ1n) is 11.3. The number of likely N-dealkylation sites (tertiary alicyclic amines) is 1. The van der Waals surface area contributed by atoms with Crippen molar-refractivity contribution in [3.8, 4) is 0 Å². The van der Waals surface area contributed by atoms with Gasteiger partial charge in [0.1, 0.15) is 29.9 Å². The number of hydrogen-bond donors (Lipinski definition) is 5. The predicted molar refractivity (Wildman–Crippen MR) is 122 cm³/mol. The number of rotatable bonds is 8. The maximum Gasteiger partial charge on any atom is 0.237 e. The van der Waals surface area contributed by atoms with Gasteiger partial charge in [-0.2, -0.15) is 0 Å². The number of hydrogen-bond acceptors (Lipinski definition) is 8. The standard InChI is InChI=1S/C23H36N2O6S/c1-4-8-14-11-16(25(3)12-14)22(30)24-17(13(2)26)21-19(28)18(27)20(29)23(31-21)32-15-9-6-5-7-10-15/h5-7,9-10,13-14,16-21,23,26-29H,4,8,11-12H2,1-3H3,(H,24,30)/t13-,14-,16+,17-,18+,19-,20-,21-,23-/m1/s1. The van der Waals surface area contributed by atoms with Crippen molar-refractivity contribution in [2.45, 2.75) is 86.0 Å². The molecule has 1 aromatic carbocycles. The van der Waals surface area contributed by atoms with Crippen molar-refractivity contribution >= 4 is 17.7 Å². The van der Waals surface area contributed by atoms with Gasteiger partial charge < -0.3 is 30.5 Å². The number of carbonyl (C=O) groups is 1. The first-order chi connectivity index (χ1) is 15.2. The summed E-state index contributed by atoms with van der Waals surface area (Å²) in [5, 5.41) is 44.9. The molecule has 0 aromatic heterocycles. The van der Waals surface area contributed by atoms with Crippen molar-refractivity contribution in [1.82, 2.24) is 10.2 Å². The summed E-state index contributed by atoms with van der Waals surface area (Å²) in [6, 6.07) is 8.00. The molecule has 0 spiro atoms. The molecule has 2 saturated heterocycles. The number of carbonyl (C=O) groups excluding carboxylic acids is 1. The molecule has 1 aromatic rings. The van der Waals surface area contributed by atoms with Crippen molar-refractivity contribution < 1.29 is 30.0 Å². The number of aliphatic hydroxyl groups is 4. The molecular weight excluding hydrogens is 432 g/mol. The fourth-order valence-electron chi connectivity index (χ4n) is 4.67. The molecule has 9 heteroatoms. The maximum absolute atomic E-state index is 13.1. The minimum absolute atomic E-state index is 0.235. The molecule has 0 unspecified atom stereocenters. The summed E-state index contributed by atoms with van der Waals surface area (Å²) in [5.41, 5.74) is -0.873. The van der Waals surface area contributed by atoms with Crippen LogP contribution in [0.2, 0.25) is 0 Å². The second-order valence-corrected chi connectivity index (χ2v) is 10.2. The summed E-state index contributed by atoms with van der Waals surface area (Å²) >= 11 is 1.22. The summed E-state index contributed by atoms with van der Waals surface area (Å²) in [6.45, 7) is 4.48. The number of likely N-dealkylation sites (N-methyl/N-ethyl adjacent to an activating group) is 1. The SMILES string of the molecule is CCC[C@@H]1C[C@@H](C(=O)N[C@@H]([C@H]2O[C@H](Sc3ccccc3)[C@H](O)[C@@H](O)[C@H]2O)[C@@H](C)O)N(C)C1. The van der Waals surface area contributed by atoms with E-state index in [-0.39, 0.29) is 11.9 Å². The lowest BCUT2D eigenvalue weighted by molar-refractivity contribution is -0.211. The minimum Gasteiger partial charge on any atom is -0.391 e. The van der Waals surface area contributed by atoms with Crippen LogP contribution in [0.25, 0.3) is 0 Å². The van der Waals surface area contributed by atoms with Crippen LogP contribution in [-0.2, 0) is 9.53 Å². The van der Waals surface area contributed by atoms with Crippen LogP contribution in [0.3, 0.4) is 0 Å². The van der Waals surface area contributed by atoms with E-state index < -0.39 is 42.0 Å². The number of nitrogens with one attached hydrogen (secondary N) is 1. The lowest BCUT2D eigenvalue weighted by atomic mass is 9.92. The second-order valence-electron chi connectivity index (χ2n) is 8.99. The molecule has 0 aliphatic carbocycles. The molecular formula is C23H36N2O6S. The number of amides is 1. The molecule has 2 aliphatic heterocycles. The Hall–Kier alpha value is -1.20. The van der Waals surface area contributed by atoms with E-state index in [9.17, 15) is 25.2 Å². The van der Waals surface area contributed by atoms with Crippen LogP contribution in [0.1, 0.15) is 33.1 Å². The van der Waals surface area contributed by atoms with Crippen molar-refractivity contribution in [2.75, 3.05) is 13.6 Å². The van der Waals surface area contributed by atoms with Crippen LogP contribution >= 0.6 is 11.8 Å².